The summed E-state index contributed by atoms with van der Waals surface area (Å²) >= 11 is 9.45. The number of rotatable bonds is 10. The molecule has 0 aliphatic rings. The van der Waals surface area contributed by atoms with Crippen LogP contribution in [0.25, 0.3) is 6.08 Å². The van der Waals surface area contributed by atoms with Crippen LogP contribution in [-0.2, 0) is 16.1 Å². The van der Waals surface area contributed by atoms with Crippen LogP contribution in [0.4, 0.5) is 5.69 Å². The number of nitriles is 1. The number of carbonyl (C=O) groups is 2. The first-order valence-corrected chi connectivity index (χ1v) is 12.6. The van der Waals surface area contributed by atoms with Crippen molar-refractivity contribution in [2.45, 2.75) is 20.5 Å². The van der Waals surface area contributed by atoms with E-state index < -0.39 is 11.9 Å². The number of nitrogens with one attached hydrogen (secondary N) is 1. The molecule has 0 saturated carbocycles. The zero-order valence-corrected chi connectivity index (χ0v) is 22.6. The van der Waals surface area contributed by atoms with Crippen LogP contribution >= 0.6 is 27.5 Å². The van der Waals surface area contributed by atoms with Crippen molar-refractivity contribution in [3.05, 3.63) is 92.4 Å². The monoisotopic (exact) mass is 582 g/mol. The van der Waals surface area contributed by atoms with Crippen molar-refractivity contribution in [1.82, 2.24) is 0 Å². The molecule has 0 aromatic heterocycles. The van der Waals surface area contributed by atoms with Crippen LogP contribution in [0.3, 0.4) is 0 Å². The number of hydrogen-bond donors (Lipinski definition) is 1. The molecular formula is C28H24BrClN2O5. The minimum atomic E-state index is -0.594. The maximum atomic E-state index is 12.7. The van der Waals surface area contributed by atoms with Crippen LogP contribution in [0.5, 0.6) is 11.5 Å². The normalized spacial score (nSPS) is 10.8. The number of benzene rings is 3. The highest BCUT2D eigenvalue weighted by atomic mass is 79.9. The molecule has 1 N–H and O–H groups in total. The highest BCUT2D eigenvalue weighted by Gasteiger charge is 2.15. The second-order valence-corrected chi connectivity index (χ2v) is 8.89. The average Bonchev–Trinajstić information content (AvgIpc) is 2.88. The average molecular weight is 584 g/mol. The molecule has 0 aliphatic heterocycles. The smallest absolute Gasteiger partial charge is 0.338 e. The van der Waals surface area contributed by atoms with E-state index in [0.29, 0.717) is 51.0 Å². The van der Waals surface area contributed by atoms with Gasteiger partial charge in [-0.05, 0) is 95.5 Å². The van der Waals surface area contributed by atoms with Gasteiger partial charge in [0.05, 0.1) is 23.2 Å². The first kappa shape index (κ1) is 27.8. The van der Waals surface area contributed by atoms with E-state index in [0.717, 1.165) is 5.56 Å². The van der Waals surface area contributed by atoms with Gasteiger partial charge in [-0.2, -0.15) is 5.26 Å². The molecule has 3 aromatic carbocycles. The van der Waals surface area contributed by atoms with Gasteiger partial charge in [0.25, 0.3) is 5.91 Å². The molecule has 1 amide bonds. The lowest BCUT2D eigenvalue weighted by Crippen LogP contribution is -2.13. The molecule has 0 heterocycles. The Bertz CT molecular complexity index is 1330. The predicted octanol–water partition coefficient (Wildman–Crippen LogP) is 6.80. The fourth-order valence-corrected chi connectivity index (χ4v) is 3.93. The molecule has 0 spiro atoms. The number of amides is 1. The summed E-state index contributed by atoms with van der Waals surface area (Å²) < 4.78 is 17.3. The predicted molar refractivity (Wildman–Crippen MR) is 146 cm³/mol. The summed E-state index contributed by atoms with van der Waals surface area (Å²) in [5.74, 6) is -0.0827. The molecule has 0 atom stereocenters. The van der Waals surface area contributed by atoms with E-state index in [1.165, 1.54) is 18.2 Å². The molecule has 0 saturated heterocycles. The minimum Gasteiger partial charge on any atom is -0.490 e. The highest BCUT2D eigenvalue weighted by molar-refractivity contribution is 9.10. The summed E-state index contributed by atoms with van der Waals surface area (Å²) in [5, 5.41) is 12.9. The standard InChI is InChI=1S/C28H24BrClN2O5/c1-3-35-25-15-19(14-24(29)26(25)37-17-18-5-9-22(30)10-6-18)13-21(16-31)27(33)32-23-11-7-20(8-12-23)28(34)36-4-2/h5-15H,3-4,17H2,1-2H3,(H,32,33)/b21-13+. The van der Waals surface area contributed by atoms with Gasteiger partial charge in [0.1, 0.15) is 18.2 Å². The van der Waals surface area contributed by atoms with Crippen molar-refractivity contribution in [2.75, 3.05) is 18.5 Å². The van der Waals surface area contributed by atoms with Gasteiger partial charge in [-0.3, -0.25) is 4.79 Å². The Morgan fingerprint density at radius 3 is 2.35 bits per heavy atom. The topological polar surface area (TPSA) is 97.7 Å². The van der Waals surface area contributed by atoms with E-state index in [2.05, 4.69) is 21.2 Å². The van der Waals surface area contributed by atoms with Crippen LogP contribution in [0.2, 0.25) is 5.02 Å². The third-order valence-electron chi connectivity index (χ3n) is 4.96. The van der Waals surface area contributed by atoms with Crippen LogP contribution in [0.15, 0.2) is 70.7 Å². The largest absolute Gasteiger partial charge is 0.490 e. The first-order chi connectivity index (χ1) is 17.8. The van der Waals surface area contributed by atoms with Crippen molar-refractivity contribution in [3.8, 4) is 17.6 Å². The SMILES string of the molecule is CCOC(=O)c1ccc(NC(=O)/C(C#N)=C/c2cc(Br)c(OCc3ccc(Cl)cc3)c(OCC)c2)cc1. The molecule has 0 aliphatic carbocycles. The van der Waals surface area contributed by atoms with Crippen LogP contribution in [0, 0.1) is 11.3 Å². The number of carbonyl (C=O) groups excluding carboxylic acids is 2. The highest BCUT2D eigenvalue weighted by Crippen LogP contribution is 2.38. The molecule has 0 fully saturated rings. The molecule has 0 bridgehead atoms. The Kier molecular flexibility index (Phi) is 10.1. The number of ether oxygens (including phenoxy) is 3. The summed E-state index contributed by atoms with van der Waals surface area (Å²) in [6, 6.07) is 18.9. The summed E-state index contributed by atoms with van der Waals surface area (Å²) in [6.07, 6.45) is 1.46. The molecule has 3 aromatic rings. The first-order valence-electron chi connectivity index (χ1n) is 11.4. The Morgan fingerprint density at radius 2 is 1.73 bits per heavy atom. The number of halogens is 2. The van der Waals surface area contributed by atoms with Crippen molar-refractivity contribution >= 4 is 51.2 Å². The summed E-state index contributed by atoms with van der Waals surface area (Å²) in [7, 11) is 0. The van der Waals surface area contributed by atoms with Crippen LogP contribution in [0.1, 0.15) is 35.3 Å². The Labute approximate surface area is 228 Å². The lowest BCUT2D eigenvalue weighted by Gasteiger charge is -2.15. The second-order valence-electron chi connectivity index (χ2n) is 7.60. The molecule has 0 unspecified atom stereocenters. The summed E-state index contributed by atoms with van der Waals surface area (Å²) in [4.78, 5) is 24.5. The maximum Gasteiger partial charge on any atom is 0.338 e. The fourth-order valence-electron chi connectivity index (χ4n) is 3.23. The number of anilines is 1. The van der Waals surface area contributed by atoms with Crippen molar-refractivity contribution in [1.29, 1.82) is 5.26 Å². The summed E-state index contributed by atoms with van der Waals surface area (Å²) in [6.45, 7) is 4.53. The Balaban J connectivity index is 1.78. The molecule has 37 heavy (non-hydrogen) atoms. The third kappa shape index (κ3) is 7.84. The van der Waals surface area contributed by atoms with E-state index in [9.17, 15) is 14.9 Å². The zero-order chi connectivity index (χ0) is 26.8. The lowest BCUT2D eigenvalue weighted by atomic mass is 10.1. The summed E-state index contributed by atoms with van der Waals surface area (Å²) in [5.41, 5.74) is 2.18. The molecule has 190 valence electrons. The van der Waals surface area contributed by atoms with Gasteiger partial charge in [0.2, 0.25) is 0 Å². The quantitative estimate of drug-likeness (QED) is 0.160. The van der Waals surface area contributed by atoms with Crippen molar-refractivity contribution in [2.24, 2.45) is 0 Å². The van der Waals surface area contributed by atoms with Crippen molar-refractivity contribution in [3.63, 3.8) is 0 Å². The third-order valence-corrected chi connectivity index (χ3v) is 5.80. The maximum absolute atomic E-state index is 12.7. The van der Waals surface area contributed by atoms with E-state index >= 15 is 0 Å². The van der Waals surface area contributed by atoms with Gasteiger partial charge in [-0.1, -0.05) is 23.7 Å². The second kappa shape index (κ2) is 13.5. The van der Waals surface area contributed by atoms with E-state index in [-0.39, 0.29) is 12.2 Å². The minimum absolute atomic E-state index is 0.112. The molecule has 9 heteroatoms. The fraction of sp³-hybridized carbons (Fsp3) is 0.179. The van der Waals surface area contributed by atoms with Gasteiger partial charge in [-0.15, -0.1) is 0 Å². The number of esters is 1. The van der Waals surface area contributed by atoms with E-state index in [1.807, 2.05) is 25.1 Å². The Morgan fingerprint density at radius 1 is 1.03 bits per heavy atom. The van der Waals surface area contributed by atoms with E-state index in [1.54, 1.807) is 43.3 Å². The van der Waals surface area contributed by atoms with Gasteiger partial charge < -0.3 is 19.5 Å². The lowest BCUT2D eigenvalue weighted by molar-refractivity contribution is -0.112. The molecule has 0 radical (unpaired) electrons. The molecule has 3 rings (SSSR count). The number of nitrogens with zero attached hydrogens (tertiary/aromatic N) is 1. The van der Waals surface area contributed by atoms with Gasteiger partial charge in [0.15, 0.2) is 11.5 Å². The zero-order valence-electron chi connectivity index (χ0n) is 20.2. The number of hydrogen-bond acceptors (Lipinski definition) is 6. The molecule has 7 nitrogen and oxygen atoms in total. The van der Waals surface area contributed by atoms with Gasteiger partial charge in [-0.25, -0.2) is 4.79 Å². The molecular weight excluding hydrogens is 560 g/mol. The Hall–Kier alpha value is -3.80. The van der Waals surface area contributed by atoms with Crippen molar-refractivity contribution < 1.29 is 23.8 Å². The van der Waals surface area contributed by atoms with Gasteiger partial charge in [0, 0.05) is 10.7 Å². The van der Waals surface area contributed by atoms with Crippen LogP contribution < -0.4 is 14.8 Å². The van der Waals surface area contributed by atoms with E-state index in [4.69, 9.17) is 25.8 Å². The van der Waals surface area contributed by atoms with Gasteiger partial charge >= 0.3 is 5.97 Å². The van der Waals surface area contributed by atoms with Crippen LogP contribution in [-0.4, -0.2) is 25.1 Å².